The summed E-state index contributed by atoms with van der Waals surface area (Å²) in [6.45, 7) is 18.1. The number of hydrogen-bond acceptors (Lipinski definition) is 6. The summed E-state index contributed by atoms with van der Waals surface area (Å²) < 4.78 is 10.2. The fourth-order valence-corrected chi connectivity index (χ4v) is 5.80. The fourth-order valence-electron chi connectivity index (χ4n) is 4.67. The number of aromatic nitrogens is 2. The van der Waals surface area contributed by atoms with E-state index in [1.807, 2.05) is 25.8 Å². The van der Waals surface area contributed by atoms with Gasteiger partial charge in [0, 0.05) is 46.3 Å². The summed E-state index contributed by atoms with van der Waals surface area (Å²) in [5, 5.41) is 11.6. The molecule has 192 valence electrons. The molecule has 1 amide bonds. The highest BCUT2D eigenvalue weighted by molar-refractivity contribution is 7.97. The first-order valence-electron chi connectivity index (χ1n) is 12.7. The highest BCUT2D eigenvalue weighted by Gasteiger charge is 2.33. The smallest absolute Gasteiger partial charge is 0.407 e. The second kappa shape index (κ2) is 9.69. The van der Waals surface area contributed by atoms with Crippen molar-refractivity contribution in [2.45, 2.75) is 115 Å². The molecule has 2 atom stereocenters. The van der Waals surface area contributed by atoms with Gasteiger partial charge in [-0.15, -0.1) is 0 Å². The van der Waals surface area contributed by atoms with Crippen molar-refractivity contribution in [2.75, 3.05) is 5.32 Å². The van der Waals surface area contributed by atoms with Crippen LogP contribution in [-0.4, -0.2) is 37.9 Å². The third-order valence-corrected chi connectivity index (χ3v) is 7.98. The van der Waals surface area contributed by atoms with Gasteiger partial charge in [0.2, 0.25) is 0 Å². The van der Waals surface area contributed by atoms with Crippen LogP contribution in [0.4, 0.5) is 16.3 Å². The van der Waals surface area contributed by atoms with Crippen LogP contribution in [0.3, 0.4) is 0 Å². The number of benzene rings is 1. The molecular weight excluding hydrogens is 458 g/mol. The van der Waals surface area contributed by atoms with Crippen molar-refractivity contribution in [3.8, 4) is 0 Å². The van der Waals surface area contributed by atoms with Crippen molar-refractivity contribution >= 4 is 29.5 Å². The predicted octanol–water partition coefficient (Wildman–Crippen LogP) is 6.77. The molecule has 35 heavy (non-hydrogen) atoms. The lowest BCUT2D eigenvalue weighted by atomic mass is 10.0. The maximum Gasteiger partial charge on any atom is 0.407 e. The molecule has 2 unspecified atom stereocenters. The van der Waals surface area contributed by atoms with E-state index in [1.165, 1.54) is 10.5 Å². The van der Waals surface area contributed by atoms with Gasteiger partial charge >= 0.3 is 6.09 Å². The number of amides is 1. The van der Waals surface area contributed by atoms with Crippen molar-refractivity contribution in [1.82, 2.24) is 19.4 Å². The Kier molecular flexibility index (Phi) is 7.17. The minimum atomic E-state index is -0.326. The number of carbonyl (C=O) groups excluding carboxylic acids is 1. The molecule has 7 nitrogen and oxygen atoms in total. The van der Waals surface area contributed by atoms with E-state index in [-0.39, 0.29) is 35.2 Å². The van der Waals surface area contributed by atoms with Crippen LogP contribution >= 0.6 is 11.9 Å². The molecule has 0 spiro atoms. The monoisotopic (exact) mass is 499 g/mol. The third kappa shape index (κ3) is 5.97. The zero-order valence-electron chi connectivity index (χ0n) is 22.4. The topological polar surface area (TPSA) is 71.4 Å². The summed E-state index contributed by atoms with van der Waals surface area (Å²) >= 11 is 1.84. The average Bonchev–Trinajstić information content (AvgIpc) is 3.44. The van der Waals surface area contributed by atoms with Gasteiger partial charge in [0.25, 0.3) is 0 Å². The van der Waals surface area contributed by atoms with Crippen LogP contribution in [0.15, 0.2) is 29.2 Å². The lowest BCUT2D eigenvalue weighted by Gasteiger charge is -2.29. The van der Waals surface area contributed by atoms with E-state index in [0.717, 1.165) is 43.0 Å². The molecule has 0 bridgehead atoms. The zero-order valence-corrected chi connectivity index (χ0v) is 23.3. The molecule has 8 heteroatoms. The fraction of sp³-hybridized carbons (Fsp3) is 0.630. The summed E-state index contributed by atoms with van der Waals surface area (Å²) in [7, 11) is 0. The predicted molar refractivity (Wildman–Crippen MR) is 143 cm³/mol. The van der Waals surface area contributed by atoms with Gasteiger partial charge in [-0.05, 0) is 98.7 Å². The number of alkyl carbamates (subject to hydrolysis) is 1. The number of nitrogens with one attached hydrogen (secondary N) is 2. The van der Waals surface area contributed by atoms with Crippen LogP contribution in [0.5, 0.6) is 0 Å². The summed E-state index contributed by atoms with van der Waals surface area (Å²) in [5.41, 5.74) is 3.46. The van der Waals surface area contributed by atoms with Gasteiger partial charge in [-0.2, -0.15) is 5.10 Å². The third-order valence-electron chi connectivity index (χ3n) is 6.50. The molecule has 2 aliphatic rings. The van der Waals surface area contributed by atoms with Gasteiger partial charge in [-0.3, -0.25) is 0 Å². The highest BCUT2D eigenvalue weighted by Crippen LogP contribution is 2.44. The average molecular weight is 500 g/mol. The Bertz CT molecular complexity index is 1070. The normalized spacial score (nSPS) is 20.8. The van der Waals surface area contributed by atoms with E-state index >= 15 is 0 Å². The van der Waals surface area contributed by atoms with E-state index in [4.69, 9.17) is 9.84 Å². The molecule has 0 saturated heterocycles. The first-order chi connectivity index (χ1) is 16.3. The minimum absolute atomic E-state index is 0.0623. The molecule has 4 rings (SSSR count). The van der Waals surface area contributed by atoms with Gasteiger partial charge in [-0.1, -0.05) is 6.07 Å². The molecule has 2 heterocycles. The number of ether oxygens (including phenoxy) is 1. The zero-order chi connectivity index (χ0) is 25.5. The number of hydrogen-bond donors (Lipinski definition) is 2. The van der Waals surface area contributed by atoms with E-state index in [2.05, 4.69) is 85.4 Å². The van der Waals surface area contributed by atoms with Crippen LogP contribution in [0.25, 0.3) is 0 Å². The Morgan fingerprint density at radius 2 is 1.89 bits per heavy atom. The number of anilines is 2. The summed E-state index contributed by atoms with van der Waals surface area (Å²) in [6, 6.07) is 8.76. The Labute approximate surface area is 214 Å². The van der Waals surface area contributed by atoms with Crippen LogP contribution in [0, 0.1) is 0 Å². The van der Waals surface area contributed by atoms with Crippen LogP contribution < -0.4 is 10.6 Å². The largest absolute Gasteiger partial charge is 0.446 e. The van der Waals surface area contributed by atoms with Crippen molar-refractivity contribution in [2.24, 2.45) is 0 Å². The Morgan fingerprint density at radius 3 is 2.54 bits per heavy atom. The summed E-state index contributed by atoms with van der Waals surface area (Å²) in [6.07, 6.45) is 2.26. The first kappa shape index (κ1) is 25.9. The quantitative estimate of drug-likeness (QED) is 0.442. The van der Waals surface area contributed by atoms with Crippen LogP contribution in [-0.2, 0) is 16.8 Å². The molecule has 1 aromatic carbocycles. The van der Waals surface area contributed by atoms with Crippen molar-refractivity contribution < 1.29 is 9.53 Å². The highest BCUT2D eigenvalue weighted by atomic mass is 32.2. The Balaban J connectivity index is 1.54. The second-order valence-corrected chi connectivity index (χ2v) is 13.1. The standard InChI is InChI=1S/C27H41N5O2S/c1-17(2)28-25(33)34-19-13-12-18(14-19)22-15-24(32(30-22)27(6,7)8)29-21-10-9-11-23-20(21)16-31(35-23)26(3,4)5/h9-11,15,17-19,29H,12-14,16H2,1-8H3,(H,28,33). The van der Waals surface area contributed by atoms with E-state index in [9.17, 15) is 4.79 Å². The van der Waals surface area contributed by atoms with Crippen molar-refractivity contribution in [3.63, 3.8) is 0 Å². The van der Waals surface area contributed by atoms with Gasteiger partial charge in [0.05, 0.1) is 11.2 Å². The maximum absolute atomic E-state index is 12.1. The van der Waals surface area contributed by atoms with Crippen molar-refractivity contribution in [1.29, 1.82) is 0 Å². The molecule has 0 radical (unpaired) electrons. The lowest BCUT2D eigenvalue weighted by molar-refractivity contribution is 0.0981. The SMILES string of the molecule is CC(C)NC(=O)OC1CCC(c2cc(Nc3cccc4c3CN(C(C)(C)C)S4)n(C(C)(C)C)n2)C1. The number of nitrogens with zero attached hydrogens (tertiary/aromatic N) is 3. The van der Waals surface area contributed by atoms with Gasteiger partial charge in [0.1, 0.15) is 11.9 Å². The minimum Gasteiger partial charge on any atom is -0.446 e. The van der Waals surface area contributed by atoms with E-state index in [1.54, 1.807) is 0 Å². The van der Waals surface area contributed by atoms with E-state index < -0.39 is 0 Å². The molecule has 1 saturated carbocycles. The van der Waals surface area contributed by atoms with Crippen LogP contribution in [0.2, 0.25) is 0 Å². The molecule has 1 fully saturated rings. The van der Waals surface area contributed by atoms with Gasteiger partial charge in [-0.25, -0.2) is 13.8 Å². The first-order valence-corrected chi connectivity index (χ1v) is 13.5. The molecule has 2 aromatic rings. The van der Waals surface area contributed by atoms with E-state index in [0.29, 0.717) is 0 Å². The summed E-state index contributed by atoms with van der Waals surface area (Å²) in [4.78, 5) is 13.4. The van der Waals surface area contributed by atoms with Crippen molar-refractivity contribution in [3.05, 3.63) is 35.5 Å². The summed E-state index contributed by atoms with van der Waals surface area (Å²) in [5.74, 6) is 1.28. The van der Waals surface area contributed by atoms with Crippen LogP contribution in [0.1, 0.15) is 91.8 Å². The van der Waals surface area contributed by atoms with Gasteiger partial charge in [0.15, 0.2) is 0 Å². The Morgan fingerprint density at radius 1 is 1.14 bits per heavy atom. The lowest BCUT2D eigenvalue weighted by Crippen LogP contribution is -2.33. The Hall–Kier alpha value is -2.19. The number of carbonyl (C=O) groups is 1. The number of fused-ring (bicyclic) bond motifs is 1. The molecule has 1 aliphatic heterocycles. The van der Waals surface area contributed by atoms with Gasteiger partial charge < -0.3 is 15.4 Å². The number of rotatable bonds is 5. The molecule has 1 aliphatic carbocycles. The molecule has 1 aromatic heterocycles. The molecule has 2 N–H and O–H groups in total. The molecular formula is C27H41N5O2S. The maximum atomic E-state index is 12.1. The second-order valence-electron chi connectivity index (χ2n) is 12.1.